The smallest absolute Gasteiger partial charge is 0.0999 e. The van der Waals surface area contributed by atoms with Crippen molar-refractivity contribution in [3.63, 3.8) is 0 Å². The minimum atomic E-state index is 0. The van der Waals surface area contributed by atoms with E-state index in [1.165, 1.54) is 0 Å². The van der Waals surface area contributed by atoms with Crippen molar-refractivity contribution in [3.8, 4) is 18.2 Å². The molecule has 0 fully saturated rings. The molecule has 0 aliphatic carbocycles. The Balaban J connectivity index is 0. The molecule has 0 aliphatic rings. The third-order valence-corrected chi connectivity index (χ3v) is 0.0625. The Hall–Kier alpha value is -0.192. The Morgan fingerprint density at radius 3 is 2.60 bits per heavy atom. The molecule has 0 saturated carbocycles. The van der Waals surface area contributed by atoms with E-state index in [1.54, 1.807) is 12.3 Å². The molecule has 0 rings (SSSR count). The number of terminal acetylenes is 1. The van der Waals surface area contributed by atoms with Crippen LogP contribution in [0.2, 0.25) is 0 Å². The van der Waals surface area contributed by atoms with Gasteiger partial charge in [-0.15, -0.1) is 0 Å². The van der Waals surface area contributed by atoms with Crippen LogP contribution >= 0.6 is 0 Å². The second-order valence-corrected chi connectivity index (χ2v) is 0.250. The van der Waals surface area contributed by atoms with Gasteiger partial charge in [0.25, 0.3) is 0 Å². The summed E-state index contributed by atoms with van der Waals surface area (Å²) in [6.07, 6.45) is 7.78. The normalized spacial score (nSPS) is 3.40. The summed E-state index contributed by atoms with van der Waals surface area (Å²) in [6, 6.07) is 0. The molecule has 5 heavy (non-hydrogen) atoms. The maximum absolute atomic E-state index is 6.06. The van der Waals surface area contributed by atoms with E-state index >= 15 is 0 Å². The summed E-state index contributed by atoms with van der Waals surface area (Å²) >= 11 is 0. The second kappa shape index (κ2) is 9.18. The van der Waals surface area contributed by atoms with Crippen molar-refractivity contribution in [3.05, 3.63) is 6.42 Å². The average molecular weight is 235 g/mol. The Bertz CT molecular complexity index is 101. The van der Waals surface area contributed by atoms with E-state index in [4.69, 9.17) is 7.79 Å². The molecule has 0 nitrogen and oxygen atoms in total. The van der Waals surface area contributed by atoms with Gasteiger partial charge in [-0.1, -0.05) is 0 Å². The van der Waals surface area contributed by atoms with Crippen molar-refractivity contribution in [2.24, 2.45) is 0 Å². The van der Waals surface area contributed by atoms with Gasteiger partial charge in [-0.05, 0) is 0 Å². The zero-order valence-electron chi connectivity index (χ0n) is 3.41. The molecule has 0 N–H and O–H groups in total. The van der Waals surface area contributed by atoms with Gasteiger partial charge in [0.05, 0.1) is 1.37 Å². The van der Waals surface area contributed by atoms with Crippen LogP contribution in [0.4, 0.5) is 0 Å². The molecule has 0 aromatic carbocycles. The summed E-state index contributed by atoms with van der Waals surface area (Å²) in [5.74, 6) is 3.66. The topological polar surface area (TPSA) is 0 Å². The quantitative estimate of drug-likeness (QED) is 0.415. The molecule has 0 radical (unpaired) electrons. The molecule has 0 saturated heterocycles. The zero-order valence-corrected chi connectivity index (χ0v) is 5.34. The number of rotatable bonds is 0. The molecule has 0 aliphatic heterocycles. The monoisotopic (exact) mass is 235 g/mol. The van der Waals surface area contributed by atoms with Crippen LogP contribution in [-0.2, 0) is 21.1 Å². The third-order valence-electron chi connectivity index (χ3n) is 0.0625. The summed E-state index contributed by atoms with van der Waals surface area (Å²) in [5, 5.41) is 0. The molecule has 0 amide bonds. The Labute approximate surface area is 47.6 Å². The molecular formula is C4HW-. The summed E-state index contributed by atoms with van der Waals surface area (Å²) < 4.78 is 6.06. The van der Waals surface area contributed by atoms with Gasteiger partial charge in [0.15, 0.2) is 0 Å². The van der Waals surface area contributed by atoms with Crippen LogP contribution in [0.25, 0.3) is 0 Å². The Morgan fingerprint density at radius 1 is 2.00 bits per heavy atom. The minimum Gasteiger partial charge on any atom is -0.358 e. The molecule has 24 valence electrons. The fourth-order valence-corrected chi connectivity index (χ4v) is 0. The van der Waals surface area contributed by atoms with Gasteiger partial charge in [0, 0.05) is 21.1 Å². The summed E-state index contributed by atoms with van der Waals surface area (Å²) in [7, 11) is 0. The molecular weight excluding hydrogens is 232 g/mol. The van der Waals surface area contributed by atoms with Crippen molar-refractivity contribution in [2.45, 2.75) is 0 Å². The molecule has 0 spiro atoms. The van der Waals surface area contributed by atoms with Crippen LogP contribution in [0.1, 0.15) is 1.37 Å². The summed E-state index contributed by atoms with van der Waals surface area (Å²) in [5.41, 5.74) is 0. The standard InChI is InChI=1S/C4H.W/c1-3-4-2;/h1H;/q-1;/i1T;. The largest absolute Gasteiger partial charge is 0.358 e. The first-order chi connectivity index (χ1) is 2.41. The van der Waals surface area contributed by atoms with Crippen molar-refractivity contribution >= 4 is 0 Å². The molecule has 0 unspecified atom stereocenters. The Morgan fingerprint density at radius 2 is 2.60 bits per heavy atom. The third kappa shape index (κ3) is 19.1. The van der Waals surface area contributed by atoms with Gasteiger partial charge in [-0.3, -0.25) is 11.8 Å². The van der Waals surface area contributed by atoms with Gasteiger partial charge in [-0.2, -0.15) is 0 Å². The molecule has 0 atom stereocenters. The van der Waals surface area contributed by atoms with Crippen LogP contribution in [0, 0.1) is 24.7 Å². The first-order valence-corrected chi connectivity index (χ1v) is 0.750. The average Bonchev–Trinajstić information content (AvgIpc) is 1.41. The molecule has 0 aromatic rings. The van der Waals surface area contributed by atoms with E-state index in [-0.39, 0.29) is 21.1 Å². The van der Waals surface area contributed by atoms with E-state index in [0.717, 1.165) is 0 Å². The van der Waals surface area contributed by atoms with E-state index in [0.29, 0.717) is 0 Å². The van der Waals surface area contributed by atoms with Crippen molar-refractivity contribution in [1.82, 2.24) is 0 Å². The first kappa shape index (κ1) is 4.81. The van der Waals surface area contributed by atoms with Crippen LogP contribution in [0.5, 0.6) is 0 Å². The van der Waals surface area contributed by atoms with Crippen LogP contribution < -0.4 is 0 Å². The molecule has 0 bridgehead atoms. The number of hydrogen-bond acceptors (Lipinski definition) is 0. The predicted molar refractivity (Wildman–Crippen MR) is 16.0 cm³/mol. The first-order valence-electron chi connectivity index (χ1n) is 1.25. The fraction of sp³-hybridized carbons (Fsp3) is 0. The fourth-order valence-electron chi connectivity index (χ4n) is 0. The van der Waals surface area contributed by atoms with Crippen LogP contribution in [-0.4, -0.2) is 0 Å². The SMILES string of the molecule is [3H]C#CC#[C-].[W]. The minimum absolute atomic E-state index is 0. The maximum atomic E-state index is 6.06. The summed E-state index contributed by atoms with van der Waals surface area (Å²) in [4.78, 5) is 0. The van der Waals surface area contributed by atoms with Crippen molar-refractivity contribution in [1.29, 1.82) is 0 Å². The Kier molecular flexibility index (Phi) is 8.83. The molecule has 1 heteroatoms. The van der Waals surface area contributed by atoms with Crippen molar-refractivity contribution in [2.75, 3.05) is 0 Å². The van der Waals surface area contributed by atoms with Crippen LogP contribution in [0.3, 0.4) is 0 Å². The van der Waals surface area contributed by atoms with Gasteiger partial charge in [0.2, 0.25) is 0 Å². The van der Waals surface area contributed by atoms with Gasteiger partial charge in [-0.25, -0.2) is 6.40 Å². The molecule has 0 aromatic heterocycles. The summed E-state index contributed by atoms with van der Waals surface area (Å²) in [6.45, 7) is 0. The maximum Gasteiger partial charge on any atom is 0.0999 e. The zero-order chi connectivity index (χ0) is 4.12. The molecule has 0 heterocycles. The predicted octanol–water partition coefficient (Wildman–Crippen LogP) is 0.207. The van der Waals surface area contributed by atoms with Crippen LogP contribution in [0.15, 0.2) is 0 Å². The van der Waals surface area contributed by atoms with E-state index in [1.807, 2.05) is 5.92 Å². The van der Waals surface area contributed by atoms with E-state index in [2.05, 4.69) is 0 Å². The van der Waals surface area contributed by atoms with E-state index in [9.17, 15) is 0 Å². The number of hydrogen-bond donors (Lipinski definition) is 0. The van der Waals surface area contributed by atoms with Gasteiger partial charge >= 0.3 is 0 Å². The van der Waals surface area contributed by atoms with Gasteiger partial charge < -0.3 is 6.42 Å². The van der Waals surface area contributed by atoms with Crippen molar-refractivity contribution < 1.29 is 22.4 Å². The second-order valence-electron chi connectivity index (χ2n) is 0.250. The van der Waals surface area contributed by atoms with Gasteiger partial charge in [0.1, 0.15) is 0 Å². The van der Waals surface area contributed by atoms with E-state index < -0.39 is 0 Å².